The average Bonchev–Trinajstić information content (AvgIpc) is 2.58. The third-order valence-corrected chi connectivity index (χ3v) is 4.79. The fourth-order valence-corrected chi connectivity index (χ4v) is 3.00. The van der Waals surface area contributed by atoms with Crippen LogP contribution in [0, 0.1) is 0 Å². The fourth-order valence-electron chi connectivity index (χ4n) is 2.37. The van der Waals surface area contributed by atoms with Crippen molar-refractivity contribution in [3.63, 3.8) is 0 Å². The van der Waals surface area contributed by atoms with E-state index in [9.17, 15) is 13.2 Å². The number of sulfone groups is 1. The number of carbonyl (C=O) groups is 1. The molecule has 0 aliphatic rings. The fraction of sp³-hybridized carbons (Fsp3) is 0.278. The minimum atomic E-state index is -3.27. The summed E-state index contributed by atoms with van der Waals surface area (Å²) in [6, 6.07) is 15.8. The van der Waals surface area contributed by atoms with Gasteiger partial charge in [0.1, 0.15) is 0 Å². The molecule has 0 radical (unpaired) electrons. The van der Waals surface area contributed by atoms with E-state index < -0.39 is 9.84 Å². The molecule has 5 nitrogen and oxygen atoms in total. The zero-order valence-electron chi connectivity index (χ0n) is 13.7. The standard InChI is InChI=1S/C18H22N2O3S/c1-24(22,23)17-10-8-16(9-11-17)18(21)20(13-5-12-19)14-15-6-3-2-4-7-15/h2-4,6-11H,5,12-14,19H2,1H3. The summed E-state index contributed by atoms with van der Waals surface area (Å²) in [5.74, 6) is -0.132. The molecule has 128 valence electrons. The largest absolute Gasteiger partial charge is 0.334 e. The molecule has 1 amide bonds. The maximum atomic E-state index is 12.8. The van der Waals surface area contributed by atoms with Gasteiger partial charge in [0.05, 0.1) is 4.90 Å². The zero-order chi connectivity index (χ0) is 17.6. The maximum absolute atomic E-state index is 12.8. The van der Waals surface area contributed by atoms with Crippen molar-refractivity contribution in [1.29, 1.82) is 0 Å². The highest BCUT2D eigenvalue weighted by Crippen LogP contribution is 2.14. The van der Waals surface area contributed by atoms with Crippen molar-refractivity contribution in [1.82, 2.24) is 4.90 Å². The second-order valence-corrected chi connectivity index (χ2v) is 7.67. The molecule has 2 aromatic carbocycles. The lowest BCUT2D eigenvalue weighted by Crippen LogP contribution is -2.32. The lowest BCUT2D eigenvalue weighted by atomic mass is 10.1. The summed E-state index contributed by atoms with van der Waals surface area (Å²) < 4.78 is 23.0. The number of amides is 1. The van der Waals surface area contributed by atoms with Crippen molar-refractivity contribution in [2.45, 2.75) is 17.9 Å². The van der Waals surface area contributed by atoms with Crippen LogP contribution in [0.5, 0.6) is 0 Å². The van der Waals surface area contributed by atoms with Crippen molar-refractivity contribution in [2.24, 2.45) is 5.73 Å². The summed E-state index contributed by atoms with van der Waals surface area (Å²) in [6.07, 6.45) is 1.85. The lowest BCUT2D eigenvalue weighted by molar-refractivity contribution is 0.0742. The van der Waals surface area contributed by atoms with Crippen LogP contribution in [0.2, 0.25) is 0 Å². The van der Waals surface area contributed by atoms with E-state index in [4.69, 9.17) is 5.73 Å². The second kappa shape index (κ2) is 8.08. The van der Waals surface area contributed by atoms with E-state index in [0.29, 0.717) is 31.6 Å². The molecular formula is C18H22N2O3S. The van der Waals surface area contributed by atoms with Gasteiger partial charge in [-0.3, -0.25) is 4.79 Å². The maximum Gasteiger partial charge on any atom is 0.254 e. The van der Waals surface area contributed by atoms with Crippen molar-refractivity contribution < 1.29 is 13.2 Å². The summed E-state index contributed by atoms with van der Waals surface area (Å²) in [6.45, 7) is 1.55. The quantitative estimate of drug-likeness (QED) is 0.832. The van der Waals surface area contributed by atoms with Crippen LogP contribution in [0.4, 0.5) is 0 Å². The molecule has 2 rings (SSSR count). The predicted octanol–water partition coefficient (Wildman–Crippen LogP) is 2.08. The third kappa shape index (κ3) is 4.91. The van der Waals surface area contributed by atoms with Crippen LogP contribution >= 0.6 is 0 Å². The number of nitrogens with two attached hydrogens (primary N) is 1. The van der Waals surface area contributed by atoms with Crippen LogP contribution in [0.25, 0.3) is 0 Å². The van der Waals surface area contributed by atoms with Gasteiger partial charge in [0.25, 0.3) is 5.91 Å². The Bertz CT molecular complexity index is 772. The van der Waals surface area contributed by atoms with Crippen LogP contribution < -0.4 is 5.73 Å². The van der Waals surface area contributed by atoms with Gasteiger partial charge < -0.3 is 10.6 Å². The number of hydrogen-bond acceptors (Lipinski definition) is 4. The molecule has 0 aliphatic carbocycles. The highest BCUT2D eigenvalue weighted by atomic mass is 32.2. The van der Waals surface area contributed by atoms with E-state index in [1.807, 2.05) is 30.3 Å². The van der Waals surface area contributed by atoms with Crippen LogP contribution in [0.1, 0.15) is 22.3 Å². The number of rotatable bonds is 7. The number of benzene rings is 2. The lowest BCUT2D eigenvalue weighted by Gasteiger charge is -2.23. The molecule has 2 aromatic rings. The predicted molar refractivity (Wildman–Crippen MR) is 94.4 cm³/mol. The van der Waals surface area contributed by atoms with E-state index in [-0.39, 0.29) is 10.8 Å². The van der Waals surface area contributed by atoms with Crippen LogP contribution in [0.3, 0.4) is 0 Å². The van der Waals surface area contributed by atoms with Gasteiger partial charge in [-0.05, 0) is 42.8 Å². The molecular weight excluding hydrogens is 324 g/mol. The Kier molecular flexibility index (Phi) is 6.11. The summed E-state index contributed by atoms with van der Waals surface area (Å²) in [7, 11) is -3.27. The van der Waals surface area contributed by atoms with Gasteiger partial charge in [0, 0.05) is 24.9 Å². The first-order valence-corrected chi connectivity index (χ1v) is 9.64. The molecule has 0 aliphatic heterocycles. The Morgan fingerprint density at radius 2 is 1.67 bits per heavy atom. The topological polar surface area (TPSA) is 80.5 Å². The first-order chi connectivity index (χ1) is 11.4. The first-order valence-electron chi connectivity index (χ1n) is 7.75. The summed E-state index contributed by atoms with van der Waals surface area (Å²) in [5, 5.41) is 0. The molecule has 24 heavy (non-hydrogen) atoms. The minimum Gasteiger partial charge on any atom is -0.334 e. The number of hydrogen-bond donors (Lipinski definition) is 1. The van der Waals surface area contributed by atoms with Crippen molar-refractivity contribution in [2.75, 3.05) is 19.3 Å². The van der Waals surface area contributed by atoms with Gasteiger partial charge in [0.15, 0.2) is 9.84 Å². The van der Waals surface area contributed by atoms with Gasteiger partial charge in [-0.1, -0.05) is 30.3 Å². The summed E-state index contributed by atoms with van der Waals surface area (Å²) >= 11 is 0. The van der Waals surface area contributed by atoms with E-state index in [2.05, 4.69) is 0 Å². The number of nitrogens with zero attached hydrogens (tertiary/aromatic N) is 1. The van der Waals surface area contributed by atoms with Gasteiger partial charge in [-0.15, -0.1) is 0 Å². The molecule has 0 aromatic heterocycles. The molecule has 2 N–H and O–H groups in total. The van der Waals surface area contributed by atoms with Gasteiger partial charge >= 0.3 is 0 Å². The Balaban J connectivity index is 2.20. The van der Waals surface area contributed by atoms with Gasteiger partial charge in [-0.25, -0.2) is 8.42 Å². The molecule has 0 bridgehead atoms. The Hall–Kier alpha value is -2.18. The first kappa shape index (κ1) is 18.2. The molecule has 0 saturated carbocycles. The molecule has 6 heteroatoms. The van der Waals surface area contributed by atoms with Gasteiger partial charge in [-0.2, -0.15) is 0 Å². The van der Waals surface area contributed by atoms with Crippen LogP contribution in [-0.2, 0) is 16.4 Å². The van der Waals surface area contributed by atoms with Crippen LogP contribution in [0.15, 0.2) is 59.5 Å². The molecule has 0 unspecified atom stereocenters. The Labute approximate surface area is 143 Å². The smallest absolute Gasteiger partial charge is 0.254 e. The molecule has 0 atom stereocenters. The second-order valence-electron chi connectivity index (χ2n) is 5.65. The summed E-state index contributed by atoms with van der Waals surface area (Å²) in [5.41, 5.74) is 7.08. The van der Waals surface area contributed by atoms with E-state index in [1.54, 1.807) is 17.0 Å². The summed E-state index contributed by atoms with van der Waals surface area (Å²) in [4.78, 5) is 14.7. The molecule has 0 fully saturated rings. The molecule has 0 spiro atoms. The highest BCUT2D eigenvalue weighted by molar-refractivity contribution is 7.90. The Morgan fingerprint density at radius 3 is 2.21 bits per heavy atom. The van der Waals surface area contributed by atoms with Gasteiger partial charge in [0.2, 0.25) is 0 Å². The normalized spacial score (nSPS) is 11.2. The van der Waals surface area contributed by atoms with Crippen molar-refractivity contribution in [3.05, 3.63) is 65.7 Å². The monoisotopic (exact) mass is 346 g/mol. The van der Waals surface area contributed by atoms with E-state index >= 15 is 0 Å². The minimum absolute atomic E-state index is 0.132. The van der Waals surface area contributed by atoms with Crippen molar-refractivity contribution in [3.8, 4) is 0 Å². The number of carbonyl (C=O) groups excluding carboxylic acids is 1. The highest BCUT2D eigenvalue weighted by Gasteiger charge is 2.17. The third-order valence-electron chi connectivity index (χ3n) is 3.67. The molecule has 0 heterocycles. The molecule has 0 saturated heterocycles. The Morgan fingerprint density at radius 1 is 1.04 bits per heavy atom. The van der Waals surface area contributed by atoms with E-state index in [1.165, 1.54) is 12.1 Å². The van der Waals surface area contributed by atoms with Crippen molar-refractivity contribution >= 4 is 15.7 Å². The van der Waals surface area contributed by atoms with E-state index in [0.717, 1.165) is 11.8 Å². The SMILES string of the molecule is CS(=O)(=O)c1ccc(C(=O)N(CCCN)Cc2ccccc2)cc1. The zero-order valence-corrected chi connectivity index (χ0v) is 14.5. The van der Waals surface area contributed by atoms with Crippen LogP contribution in [-0.4, -0.2) is 38.6 Å². The average molecular weight is 346 g/mol.